The van der Waals surface area contributed by atoms with Gasteiger partial charge in [-0.15, -0.1) is 26.3 Å². The van der Waals surface area contributed by atoms with Crippen LogP contribution in [0.2, 0.25) is 0 Å². The van der Waals surface area contributed by atoms with Gasteiger partial charge in [-0.1, -0.05) is 48.6 Å². The van der Waals surface area contributed by atoms with Gasteiger partial charge in [0, 0.05) is 22.2 Å². The number of carbonyl (C=O) groups is 1. The lowest BCUT2D eigenvalue weighted by atomic mass is 9.83. The molecule has 0 fully saturated rings. The second-order valence-corrected chi connectivity index (χ2v) is 8.13. The maximum atomic E-state index is 13.3. The van der Waals surface area contributed by atoms with Crippen LogP contribution in [0.3, 0.4) is 0 Å². The van der Waals surface area contributed by atoms with Gasteiger partial charge in [0.2, 0.25) is 0 Å². The Labute approximate surface area is 179 Å². The van der Waals surface area contributed by atoms with Crippen molar-refractivity contribution in [3.05, 3.63) is 109 Å². The van der Waals surface area contributed by atoms with E-state index in [0.29, 0.717) is 36.8 Å². The molecule has 1 aliphatic carbocycles. The molecule has 30 heavy (non-hydrogen) atoms. The van der Waals surface area contributed by atoms with E-state index in [0.717, 1.165) is 22.3 Å². The molecule has 0 aliphatic heterocycles. The van der Waals surface area contributed by atoms with Crippen molar-refractivity contribution in [3.63, 3.8) is 0 Å². The van der Waals surface area contributed by atoms with E-state index < -0.39 is 11.1 Å². The predicted molar refractivity (Wildman–Crippen MR) is 126 cm³/mol. The highest BCUT2D eigenvalue weighted by molar-refractivity contribution is 6.21. The third kappa shape index (κ3) is 3.62. The molecule has 0 saturated carbocycles. The van der Waals surface area contributed by atoms with Crippen molar-refractivity contribution < 1.29 is 4.79 Å². The summed E-state index contributed by atoms with van der Waals surface area (Å²) >= 11 is 0. The average Bonchev–Trinajstić information content (AvgIpc) is 3.00. The molecule has 2 aromatic carbocycles. The summed E-state index contributed by atoms with van der Waals surface area (Å²) in [5, 5.41) is 0. The van der Waals surface area contributed by atoms with Crippen LogP contribution in [-0.4, -0.2) is 5.78 Å². The molecule has 3 nitrogen and oxygen atoms in total. The van der Waals surface area contributed by atoms with Gasteiger partial charge in [-0.3, -0.25) is 4.79 Å². The summed E-state index contributed by atoms with van der Waals surface area (Å²) in [6.45, 7) is 15.3. The van der Waals surface area contributed by atoms with Gasteiger partial charge in [-0.05, 0) is 60.1 Å². The Morgan fingerprint density at radius 3 is 1.27 bits per heavy atom. The molecule has 0 spiro atoms. The van der Waals surface area contributed by atoms with Crippen molar-refractivity contribution in [2.45, 2.75) is 36.8 Å². The lowest BCUT2D eigenvalue weighted by molar-refractivity contribution is 0.104. The van der Waals surface area contributed by atoms with E-state index in [1.54, 1.807) is 24.3 Å². The Balaban J connectivity index is 2.07. The number of carbonyl (C=O) groups excluding carboxylic acids is 1. The zero-order chi connectivity index (χ0) is 21.9. The topological polar surface area (TPSA) is 69.1 Å². The molecule has 1 aliphatic rings. The quantitative estimate of drug-likeness (QED) is 0.442. The van der Waals surface area contributed by atoms with E-state index in [4.69, 9.17) is 11.5 Å². The molecular weight excluding hydrogens is 368 g/mol. The van der Waals surface area contributed by atoms with Crippen LogP contribution in [0.4, 0.5) is 0 Å². The third-order valence-electron chi connectivity index (χ3n) is 6.00. The number of rotatable bonds is 10. The summed E-state index contributed by atoms with van der Waals surface area (Å²) < 4.78 is 0. The first-order chi connectivity index (χ1) is 14.3. The monoisotopic (exact) mass is 398 g/mol. The van der Waals surface area contributed by atoms with Crippen molar-refractivity contribution in [1.82, 2.24) is 0 Å². The minimum Gasteiger partial charge on any atom is -0.321 e. The predicted octanol–water partition coefficient (Wildman–Crippen LogP) is 5.51. The van der Waals surface area contributed by atoms with E-state index in [1.807, 2.05) is 36.4 Å². The van der Waals surface area contributed by atoms with Crippen molar-refractivity contribution in [1.29, 1.82) is 0 Å². The first kappa shape index (κ1) is 21.7. The van der Waals surface area contributed by atoms with Crippen LogP contribution in [0.15, 0.2) is 87.0 Å². The summed E-state index contributed by atoms with van der Waals surface area (Å²) in [6, 6.07) is 11.8. The zero-order valence-corrected chi connectivity index (χ0v) is 17.5. The average molecular weight is 399 g/mol. The Morgan fingerprint density at radius 2 is 0.967 bits per heavy atom. The second kappa shape index (κ2) is 8.39. The maximum absolute atomic E-state index is 13.3. The van der Waals surface area contributed by atoms with Gasteiger partial charge < -0.3 is 11.5 Å². The van der Waals surface area contributed by atoms with Crippen molar-refractivity contribution >= 4 is 5.78 Å². The fourth-order valence-electron chi connectivity index (χ4n) is 4.37. The molecule has 3 heteroatoms. The van der Waals surface area contributed by atoms with Gasteiger partial charge in [0.1, 0.15) is 0 Å². The summed E-state index contributed by atoms with van der Waals surface area (Å²) in [5.74, 6) is 0.00260. The Bertz CT molecular complexity index is 930. The van der Waals surface area contributed by atoms with Gasteiger partial charge in [-0.2, -0.15) is 0 Å². The summed E-state index contributed by atoms with van der Waals surface area (Å²) in [4.78, 5) is 13.3. The molecule has 0 atom stereocenters. The largest absolute Gasteiger partial charge is 0.321 e. The van der Waals surface area contributed by atoms with Gasteiger partial charge >= 0.3 is 0 Å². The van der Waals surface area contributed by atoms with Crippen LogP contribution in [0, 0.1) is 0 Å². The Kier molecular flexibility index (Phi) is 6.06. The van der Waals surface area contributed by atoms with Crippen LogP contribution in [0.1, 0.15) is 52.7 Å². The van der Waals surface area contributed by atoms with E-state index in [2.05, 4.69) is 26.3 Å². The minimum absolute atomic E-state index is 0.00260. The molecule has 0 aromatic heterocycles. The number of hydrogen-bond donors (Lipinski definition) is 2. The zero-order valence-electron chi connectivity index (χ0n) is 17.5. The van der Waals surface area contributed by atoms with E-state index in [-0.39, 0.29) is 5.78 Å². The fraction of sp³-hybridized carbons (Fsp3) is 0.222. The SMILES string of the molecule is C=CCC(N)(CC=C)c1ccc2c(c1)C(=O)c1cc(C(N)(CC=C)CC=C)ccc1-2. The third-order valence-corrected chi connectivity index (χ3v) is 6.00. The minimum atomic E-state index is -0.626. The molecule has 0 unspecified atom stereocenters. The molecule has 154 valence electrons. The van der Waals surface area contributed by atoms with Crippen molar-refractivity contribution in [2.75, 3.05) is 0 Å². The van der Waals surface area contributed by atoms with E-state index in [1.165, 1.54) is 0 Å². The van der Waals surface area contributed by atoms with Gasteiger partial charge in [-0.25, -0.2) is 0 Å². The van der Waals surface area contributed by atoms with Crippen molar-refractivity contribution in [2.24, 2.45) is 11.5 Å². The molecule has 0 radical (unpaired) electrons. The maximum Gasteiger partial charge on any atom is 0.194 e. The highest BCUT2D eigenvalue weighted by atomic mass is 16.1. The number of ketones is 1. The van der Waals surface area contributed by atoms with Gasteiger partial charge in [0.05, 0.1) is 0 Å². The Hall–Kier alpha value is -3.01. The van der Waals surface area contributed by atoms with Gasteiger partial charge in [0.15, 0.2) is 5.78 Å². The van der Waals surface area contributed by atoms with E-state index in [9.17, 15) is 4.79 Å². The lowest BCUT2D eigenvalue weighted by Gasteiger charge is -2.28. The molecule has 2 aromatic rings. The summed E-state index contributed by atoms with van der Waals surface area (Å²) in [7, 11) is 0. The summed E-state index contributed by atoms with van der Waals surface area (Å²) in [5.41, 5.74) is 17.1. The molecule has 0 saturated heterocycles. The van der Waals surface area contributed by atoms with Crippen LogP contribution in [0.25, 0.3) is 11.1 Å². The van der Waals surface area contributed by atoms with E-state index >= 15 is 0 Å². The number of hydrogen-bond acceptors (Lipinski definition) is 3. The molecular formula is C27H30N2O. The lowest BCUT2D eigenvalue weighted by Crippen LogP contribution is -2.35. The highest BCUT2D eigenvalue weighted by Crippen LogP contribution is 2.41. The number of benzene rings is 2. The molecule has 0 bridgehead atoms. The molecule has 0 amide bonds. The summed E-state index contributed by atoms with van der Waals surface area (Å²) in [6.07, 6.45) is 9.62. The van der Waals surface area contributed by atoms with Crippen LogP contribution in [0.5, 0.6) is 0 Å². The van der Waals surface area contributed by atoms with Crippen LogP contribution in [-0.2, 0) is 11.1 Å². The Morgan fingerprint density at radius 1 is 0.633 bits per heavy atom. The standard InChI is InChI=1S/C27H30N2O/c1-5-13-26(28,14-6-2)19-9-11-21-22-12-10-20(27(29,15-7-3)16-8-4)18-24(22)25(30)23(21)17-19/h5-12,17-18H,1-4,13-16,28-29H2. The number of fused-ring (bicyclic) bond motifs is 3. The first-order valence-electron chi connectivity index (χ1n) is 10.2. The fourth-order valence-corrected chi connectivity index (χ4v) is 4.37. The molecule has 0 heterocycles. The smallest absolute Gasteiger partial charge is 0.194 e. The van der Waals surface area contributed by atoms with Crippen molar-refractivity contribution in [3.8, 4) is 11.1 Å². The second-order valence-electron chi connectivity index (χ2n) is 8.13. The van der Waals surface area contributed by atoms with Crippen LogP contribution >= 0.6 is 0 Å². The normalized spacial score (nSPS) is 12.8. The first-order valence-corrected chi connectivity index (χ1v) is 10.2. The highest BCUT2D eigenvalue weighted by Gasteiger charge is 2.33. The molecule has 4 N–H and O–H groups in total. The van der Waals surface area contributed by atoms with Gasteiger partial charge in [0.25, 0.3) is 0 Å². The number of nitrogens with two attached hydrogens (primary N) is 2. The van der Waals surface area contributed by atoms with Crippen LogP contribution < -0.4 is 11.5 Å². The molecule has 3 rings (SSSR count).